The predicted octanol–water partition coefficient (Wildman–Crippen LogP) is 5.11. The van der Waals surface area contributed by atoms with Gasteiger partial charge in [0.25, 0.3) is 5.88 Å². The van der Waals surface area contributed by atoms with Gasteiger partial charge in [-0.3, -0.25) is 4.90 Å². The van der Waals surface area contributed by atoms with Crippen molar-refractivity contribution in [3.63, 3.8) is 0 Å². The summed E-state index contributed by atoms with van der Waals surface area (Å²) in [6.07, 6.45) is 3.18. The lowest BCUT2D eigenvalue weighted by Gasteiger charge is -2.27. The molecule has 29 heavy (non-hydrogen) atoms. The van der Waals surface area contributed by atoms with E-state index >= 15 is 0 Å². The molecule has 1 amide bonds. The Morgan fingerprint density at radius 2 is 2.17 bits per heavy atom. The number of fused-ring (bicyclic) bond motifs is 1. The number of hydrogen-bond acceptors (Lipinski definition) is 8. The van der Waals surface area contributed by atoms with E-state index in [1.807, 2.05) is 36.4 Å². The van der Waals surface area contributed by atoms with E-state index in [4.69, 9.17) is 21.1 Å². The number of carbonyl (C=O) groups excluding carboxylic acids is 1. The van der Waals surface area contributed by atoms with Crippen molar-refractivity contribution >= 4 is 61.6 Å². The van der Waals surface area contributed by atoms with Gasteiger partial charge in [-0.05, 0) is 30.3 Å². The summed E-state index contributed by atoms with van der Waals surface area (Å²) < 4.78 is 11.6. The number of aromatic nitrogens is 2. The molecule has 0 unspecified atom stereocenters. The largest absolute Gasteiger partial charge is 0.416 e. The Hall–Kier alpha value is -2.33. The molecule has 0 aliphatic carbocycles. The van der Waals surface area contributed by atoms with E-state index in [1.54, 1.807) is 32.1 Å². The molecule has 1 aliphatic rings. The van der Waals surface area contributed by atoms with Gasteiger partial charge in [0, 0.05) is 30.2 Å². The third-order valence-corrected chi connectivity index (χ3v) is 6.30. The topological polar surface area (TPSA) is 67.8 Å². The Labute approximate surface area is 180 Å². The summed E-state index contributed by atoms with van der Waals surface area (Å²) in [5.41, 5.74) is 0.928. The van der Waals surface area contributed by atoms with Crippen LogP contribution in [-0.2, 0) is 4.74 Å². The molecule has 7 nitrogen and oxygen atoms in total. The Bertz CT molecular complexity index is 1090. The van der Waals surface area contributed by atoms with Crippen LogP contribution in [0.4, 0.5) is 15.5 Å². The Morgan fingerprint density at radius 1 is 1.31 bits per heavy atom. The van der Waals surface area contributed by atoms with Gasteiger partial charge in [-0.15, -0.1) is 16.4 Å². The average molecular weight is 449 g/mol. The number of hydrogen-bond donors (Lipinski definition) is 0. The highest BCUT2D eigenvalue weighted by atomic mass is 35.5. The second-order valence-electron chi connectivity index (χ2n) is 6.27. The molecule has 0 saturated carbocycles. The van der Waals surface area contributed by atoms with Crippen LogP contribution >= 0.6 is 34.7 Å². The molecule has 0 bridgehead atoms. The van der Waals surface area contributed by atoms with Crippen LogP contribution < -0.4 is 9.64 Å². The highest BCUT2D eigenvalue weighted by Crippen LogP contribution is 2.44. The molecule has 150 valence electrons. The van der Waals surface area contributed by atoms with Crippen molar-refractivity contribution in [1.29, 1.82) is 0 Å². The minimum Gasteiger partial charge on any atom is -0.388 e. The molecule has 0 atom stereocenters. The minimum absolute atomic E-state index is 0.192. The molecule has 0 N–H and O–H groups in total. The van der Waals surface area contributed by atoms with Crippen LogP contribution in [0.3, 0.4) is 0 Å². The van der Waals surface area contributed by atoms with E-state index in [9.17, 15) is 4.79 Å². The minimum atomic E-state index is -0.504. The molecule has 0 radical (unpaired) electrons. The number of thioether (sulfide) groups is 1. The van der Waals surface area contributed by atoms with Gasteiger partial charge in [-0.25, -0.2) is 4.79 Å². The Kier molecular flexibility index (Phi) is 5.91. The fourth-order valence-electron chi connectivity index (χ4n) is 2.67. The van der Waals surface area contributed by atoms with Crippen LogP contribution in [0.1, 0.15) is 0 Å². The van der Waals surface area contributed by atoms with Crippen molar-refractivity contribution in [3.8, 4) is 5.88 Å². The van der Waals surface area contributed by atoms with E-state index < -0.39 is 6.09 Å². The maximum atomic E-state index is 12.0. The molecule has 0 fully saturated rings. The molecular formula is C19H17ClN4O3S2. The molecule has 3 heterocycles. The van der Waals surface area contributed by atoms with Crippen molar-refractivity contribution in [2.24, 2.45) is 0 Å². The molecule has 4 rings (SSSR count). The zero-order valence-electron chi connectivity index (χ0n) is 15.7. The van der Waals surface area contributed by atoms with E-state index in [0.717, 1.165) is 25.8 Å². The standard InChI is InChI=1S/C19H17ClN4O3S2/c1-23(2)19(25)27-18-17-12(10-21-22-18)8-16(29-17)24(15-6-7-26-11-28-15)14-5-3-4-13(20)9-14/h3-6,8-10H,7,11H2,1-2H3. The molecule has 0 spiro atoms. The maximum absolute atomic E-state index is 12.0. The van der Waals surface area contributed by atoms with Gasteiger partial charge in [0.15, 0.2) is 0 Å². The van der Waals surface area contributed by atoms with Gasteiger partial charge in [-0.2, -0.15) is 5.10 Å². The highest BCUT2D eigenvalue weighted by molar-refractivity contribution is 8.03. The van der Waals surface area contributed by atoms with Crippen molar-refractivity contribution in [1.82, 2.24) is 15.1 Å². The second kappa shape index (κ2) is 8.58. The van der Waals surface area contributed by atoms with Gasteiger partial charge in [0.05, 0.1) is 23.8 Å². The lowest BCUT2D eigenvalue weighted by molar-refractivity contribution is 0.170. The van der Waals surface area contributed by atoms with Gasteiger partial charge in [0.2, 0.25) is 0 Å². The summed E-state index contributed by atoms with van der Waals surface area (Å²) in [5, 5.41) is 11.4. The number of amides is 1. The Morgan fingerprint density at radius 3 is 2.90 bits per heavy atom. The molecule has 3 aromatic rings. The number of benzene rings is 1. The zero-order valence-corrected chi connectivity index (χ0v) is 18.1. The van der Waals surface area contributed by atoms with Crippen molar-refractivity contribution in [3.05, 3.63) is 52.7 Å². The first-order chi connectivity index (χ1) is 14.0. The molecule has 1 aliphatic heterocycles. The lowest BCUT2D eigenvalue weighted by Crippen LogP contribution is -2.25. The number of ether oxygens (including phenoxy) is 2. The fraction of sp³-hybridized carbons (Fsp3) is 0.211. The third-order valence-electron chi connectivity index (χ3n) is 4.01. The third kappa shape index (κ3) is 4.32. The van der Waals surface area contributed by atoms with Crippen LogP contribution in [0.25, 0.3) is 10.1 Å². The summed E-state index contributed by atoms with van der Waals surface area (Å²) >= 11 is 9.32. The lowest BCUT2D eigenvalue weighted by atomic mass is 10.3. The summed E-state index contributed by atoms with van der Waals surface area (Å²) in [7, 11) is 3.23. The first-order valence-corrected chi connectivity index (χ1v) is 10.8. The number of halogens is 1. The first kappa shape index (κ1) is 20.0. The Balaban J connectivity index is 1.80. The summed E-state index contributed by atoms with van der Waals surface area (Å²) in [4.78, 5) is 15.4. The molecule has 1 aromatic carbocycles. The van der Waals surface area contributed by atoms with Crippen LogP contribution in [-0.4, -0.2) is 47.8 Å². The zero-order chi connectivity index (χ0) is 20.4. The fourth-order valence-corrected chi connectivity index (χ4v) is 4.82. The average Bonchev–Trinajstić information content (AvgIpc) is 3.13. The number of nitrogens with zero attached hydrogens (tertiary/aromatic N) is 4. The maximum Gasteiger partial charge on any atom is 0.416 e. The SMILES string of the molecule is CN(C)C(=O)Oc1nncc2cc(N(C3=CCOCS3)c3cccc(Cl)c3)sc12. The van der Waals surface area contributed by atoms with Crippen molar-refractivity contribution in [2.45, 2.75) is 0 Å². The van der Waals surface area contributed by atoms with E-state index in [1.165, 1.54) is 16.2 Å². The quantitative estimate of drug-likeness (QED) is 0.549. The molecule has 2 aromatic heterocycles. The van der Waals surface area contributed by atoms with Crippen LogP contribution in [0, 0.1) is 0 Å². The van der Waals surface area contributed by atoms with Crippen molar-refractivity contribution in [2.75, 3.05) is 31.5 Å². The van der Waals surface area contributed by atoms with Crippen LogP contribution in [0.5, 0.6) is 5.88 Å². The number of anilines is 2. The molecule has 0 saturated heterocycles. The van der Waals surface area contributed by atoms with E-state index in [-0.39, 0.29) is 5.88 Å². The number of rotatable bonds is 4. The number of thiophene rings is 1. The normalized spacial score (nSPS) is 13.8. The van der Waals surface area contributed by atoms with Gasteiger partial charge in [-0.1, -0.05) is 29.4 Å². The summed E-state index contributed by atoms with van der Waals surface area (Å²) in [5.74, 6) is 0.764. The van der Waals surface area contributed by atoms with Gasteiger partial charge < -0.3 is 14.4 Å². The predicted molar refractivity (Wildman–Crippen MR) is 117 cm³/mol. The number of carbonyl (C=O) groups is 1. The first-order valence-electron chi connectivity index (χ1n) is 8.63. The summed E-state index contributed by atoms with van der Waals surface area (Å²) in [6, 6.07) is 9.66. The molecule has 10 heteroatoms. The smallest absolute Gasteiger partial charge is 0.388 e. The van der Waals surface area contributed by atoms with Crippen LogP contribution in [0.15, 0.2) is 47.6 Å². The highest BCUT2D eigenvalue weighted by Gasteiger charge is 2.22. The van der Waals surface area contributed by atoms with Crippen molar-refractivity contribution < 1.29 is 14.3 Å². The van der Waals surface area contributed by atoms with E-state index in [2.05, 4.69) is 15.1 Å². The second-order valence-corrected chi connectivity index (χ2v) is 8.68. The molecular weight excluding hydrogens is 432 g/mol. The monoisotopic (exact) mass is 448 g/mol. The van der Waals surface area contributed by atoms with Gasteiger partial charge >= 0.3 is 6.09 Å². The van der Waals surface area contributed by atoms with Gasteiger partial charge in [0.1, 0.15) is 9.70 Å². The summed E-state index contributed by atoms with van der Waals surface area (Å²) in [6.45, 7) is 0.541. The van der Waals surface area contributed by atoms with Crippen LogP contribution in [0.2, 0.25) is 5.02 Å². The van der Waals surface area contributed by atoms with E-state index in [0.29, 0.717) is 17.6 Å².